The van der Waals surface area contributed by atoms with Crippen LogP contribution in [0.2, 0.25) is 0 Å². The fourth-order valence-electron chi connectivity index (χ4n) is 3.21. The van der Waals surface area contributed by atoms with E-state index in [2.05, 4.69) is 47.1 Å². The summed E-state index contributed by atoms with van der Waals surface area (Å²) in [4.78, 5) is 5.11. The van der Waals surface area contributed by atoms with Crippen molar-refractivity contribution in [2.24, 2.45) is 11.7 Å². The fourth-order valence-corrected chi connectivity index (χ4v) is 3.21. The second kappa shape index (κ2) is 8.40. The van der Waals surface area contributed by atoms with Gasteiger partial charge in [-0.25, -0.2) is 0 Å². The number of hydrogen-bond donors (Lipinski definition) is 1. The van der Waals surface area contributed by atoms with Gasteiger partial charge in [0.2, 0.25) is 0 Å². The monoisotopic (exact) mass is 275 g/mol. The van der Waals surface area contributed by atoms with E-state index in [1.807, 2.05) is 0 Å². The fraction of sp³-hybridized carbons (Fsp3) is 0.647. The largest absolute Gasteiger partial charge is 0.329 e. The summed E-state index contributed by atoms with van der Waals surface area (Å²) in [5.41, 5.74) is 7.12. The van der Waals surface area contributed by atoms with Crippen molar-refractivity contribution in [1.29, 1.82) is 0 Å². The summed E-state index contributed by atoms with van der Waals surface area (Å²) in [5.74, 6) is 0.805. The molecule has 1 saturated heterocycles. The molecule has 0 amide bonds. The quantitative estimate of drug-likeness (QED) is 0.828. The first-order valence-corrected chi connectivity index (χ1v) is 8.00. The Morgan fingerprint density at radius 3 is 2.80 bits per heavy atom. The number of nitrogens with zero attached hydrogens (tertiary/aromatic N) is 2. The summed E-state index contributed by atoms with van der Waals surface area (Å²) in [6.07, 6.45) is 2.70. The Morgan fingerprint density at radius 1 is 1.30 bits per heavy atom. The van der Waals surface area contributed by atoms with E-state index < -0.39 is 0 Å². The zero-order chi connectivity index (χ0) is 14.2. The molecule has 1 atom stereocenters. The third-order valence-corrected chi connectivity index (χ3v) is 4.26. The van der Waals surface area contributed by atoms with Crippen molar-refractivity contribution in [2.75, 3.05) is 39.3 Å². The third kappa shape index (κ3) is 4.89. The van der Waals surface area contributed by atoms with Crippen LogP contribution in [0.25, 0.3) is 0 Å². The SMILES string of the molecule is CCN(CCN)CC1CCCN(Cc2ccccc2)C1. The maximum absolute atomic E-state index is 5.69. The molecular formula is C17H29N3. The molecule has 0 aliphatic carbocycles. The van der Waals surface area contributed by atoms with Gasteiger partial charge in [0.25, 0.3) is 0 Å². The zero-order valence-corrected chi connectivity index (χ0v) is 12.8. The highest BCUT2D eigenvalue weighted by Crippen LogP contribution is 2.19. The molecule has 1 heterocycles. The van der Waals surface area contributed by atoms with Gasteiger partial charge in [-0.3, -0.25) is 4.90 Å². The molecule has 20 heavy (non-hydrogen) atoms. The van der Waals surface area contributed by atoms with Crippen LogP contribution in [-0.2, 0) is 6.54 Å². The minimum atomic E-state index is 0.772. The van der Waals surface area contributed by atoms with E-state index in [0.29, 0.717) is 0 Å². The van der Waals surface area contributed by atoms with Crippen molar-refractivity contribution in [1.82, 2.24) is 9.80 Å². The second-order valence-corrected chi connectivity index (χ2v) is 5.91. The predicted octanol–water partition coefficient (Wildman–Crippen LogP) is 2.18. The molecule has 1 aliphatic rings. The Kier molecular flexibility index (Phi) is 6.51. The Hall–Kier alpha value is -0.900. The minimum Gasteiger partial charge on any atom is -0.329 e. The molecule has 3 heteroatoms. The van der Waals surface area contributed by atoms with E-state index in [1.54, 1.807) is 0 Å². The van der Waals surface area contributed by atoms with Gasteiger partial charge in [-0.1, -0.05) is 37.3 Å². The van der Waals surface area contributed by atoms with Gasteiger partial charge in [-0.05, 0) is 37.4 Å². The van der Waals surface area contributed by atoms with Crippen LogP contribution in [0.4, 0.5) is 0 Å². The van der Waals surface area contributed by atoms with Crippen LogP contribution in [0.5, 0.6) is 0 Å². The van der Waals surface area contributed by atoms with E-state index in [4.69, 9.17) is 5.73 Å². The molecule has 0 bridgehead atoms. The molecule has 0 spiro atoms. The first-order valence-electron chi connectivity index (χ1n) is 8.00. The van der Waals surface area contributed by atoms with Crippen LogP contribution in [-0.4, -0.2) is 49.1 Å². The van der Waals surface area contributed by atoms with E-state index in [-0.39, 0.29) is 0 Å². The summed E-state index contributed by atoms with van der Waals surface area (Å²) in [6.45, 7) is 9.94. The second-order valence-electron chi connectivity index (χ2n) is 5.91. The van der Waals surface area contributed by atoms with Gasteiger partial charge in [-0.15, -0.1) is 0 Å². The molecular weight excluding hydrogens is 246 g/mol. The molecule has 3 nitrogen and oxygen atoms in total. The molecule has 0 saturated carbocycles. The van der Waals surface area contributed by atoms with Crippen molar-refractivity contribution in [2.45, 2.75) is 26.3 Å². The Labute approximate surface area is 123 Å². The molecule has 2 N–H and O–H groups in total. The van der Waals surface area contributed by atoms with Crippen LogP contribution in [0.15, 0.2) is 30.3 Å². The van der Waals surface area contributed by atoms with Gasteiger partial charge >= 0.3 is 0 Å². The maximum atomic E-state index is 5.69. The Morgan fingerprint density at radius 2 is 2.10 bits per heavy atom. The van der Waals surface area contributed by atoms with Crippen molar-refractivity contribution in [3.63, 3.8) is 0 Å². The molecule has 1 fully saturated rings. The smallest absolute Gasteiger partial charge is 0.0233 e. The van der Waals surface area contributed by atoms with Crippen LogP contribution >= 0.6 is 0 Å². The minimum absolute atomic E-state index is 0.772. The van der Waals surface area contributed by atoms with E-state index in [1.165, 1.54) is 38.0 Å². The summed E-state index contributed by atoms with van der Waals surface area (Å²) in [5, 5.41) is 0. The van der Waals surface area contributed by atoms with Crippen LogP contribution in [0, 0.1) is 5.92 Å². The van der Waals surface area contributed by atoms with Crippen molar-refractivity contribution < 1.29 is 0 Å². The molecule has 112 valence electrons. The first-order chi connectivity index (χ1) is 9.81. The highest BCUT2D eigenvalue weighted by Gasteiger charge is 2.21. The van der Waals surface area contributed by atoms with E-state index in [0.717, 1.165) is 32.1 Å². The first kappa shape index (κ1) is 15.5. The van der Waals surface area contributed by atoms with Crippen LogP contribution in [0.1, 0.15) is 25.3 Å². The average molecular weight is 275 g/mol. The normalized spacial score (nSPS) is 20.4. The maximum Gasteiger partial charge on any atom is 0.0233 e. The standard InChI is InChI=1S/C17H29N3/c1-2-19(12-10-18)14-17-9-6-11-20(15-17)13-16-7-4-3-5-8-16/h3-5,7-8,17H,2,6,9-15,18H2,1H3. The molecule has 1 aliphatic heterocycles. The Bertz CT molecular complexity index is 366. The van der Waals surface area contributed by atoms with E-state index in [9.17, 15) is 0 Å². The van der Waals surface area contributed by atoms with Crippen molar-refractivity contribution >= 4 is 0 Å². The van der Waals surface area contributed by atoms with Crippen LogP contribution < -0.4 is 5.73 Å². The highest BCUT2D eigenvalue weighted by molar-refractivity contribution is 5.14. The number of nitrogens with two attached hydrogens (primary N) is 1. The summed E-state index contributed by atoms with van der Waals surface area (Å²) in [7, 11) is 0. The number of rotatable bonds is 7. The molecule has 1 aromatic carbocycles. The lowest BCUT2D eigenvalue weighted by molar-refractivity contribution is 0.131. The number of piperidine rings is 1. The molecule has 2 rings (SSSR count). The average Bonchev–Trinajstić information content (AvgIpc) is 2.48. The third-order valence-electron chi connectivity index (χ3n) is 4.26. The van der Waals surface area contributed by atoms with Crippen LogP contribution in [0.3, 0.4) is 0 Å². The summed E-state index contributed by atoms with van der Waals surface area (Å²) < 4.78 is 0. The van der Waals surface area contributed by atoms with Gasteiger partial charge in [0.05, 0.1) is 0 Å². The van der Waals surface area contributed by atoms with Gasteiger partial charge < -0.3 is 10.6 Å². The zero-order valence-electron chi connectivity index (χ0n) is 12.8. The summed E-state index contributed by atoms with van der Waals surface area (Å²) >= 11 is 0. The molecule has 1 unspecified atom stereocenters. The molecule has 0 aromatic heterocycles. The van der Waals surface area contributed by atoms with Gasteiger partial charge in [-0.2, -0.15) is 0 Å². The van der Waals surface area contributed by atoms with Crippen molar-refractivity contribution in [3.8, 4) is 0 Å². The number of hydrogen-bond acceptors (Lipinski definition) is 3. The lowest BCUT2D eigenvalue weighted by Crippen LogP contribution is -2.41. The lowest BCUT2D eigenvalue weighted by Gasteiger charge is -2.35. The van der Waals surface area contributed by atoms with Gasteiger partial charge in [0, 0.05) is 32.7 Å². The topological polar surface area (TPSA) is 32.5 Å². The lowest BCUT2D eigenvalue weighted by atomic mass is 9.97. The molecule has 1 aromatic rings. The predicted molar refractivity (Wildman–Crippen MR) is 85.6 cm³/mol. The van der Waals surface area contributed by atoms with E-state index >= 15 is 0 Å². The molecule has 0 radical (unpaired) electrons. The van der Waals surface area contributed by atoms with Crippen molar-refractivity contribution in [3.05, 3.63) is 35.9 Å². The highest BCUT2D eigenvalue weighted by atomic mass is 15.2. The number of likely N-dealkylation sites (tertiary alicyclic amines) is 1. The number of benzene rings is 1. The van der Waals surface area contributed by atoms with Gasteiger partial charge in [0.1, 0.15) is 0 Å². The van der Waals surface area contributed by atoms with Gasteiger partial charge in [0.15, 0.2) is 0 Å². The number of likely N-dealkylation sites (N-methyl/N-ethyl adjacent to an activating group) is 1. The summed E-state index contributed by atoms with van der Waals surface area (Å²) in [6, 6.07) is 10.8. The Balaban J connectivity index is 1.82.